The number of nitrogens with one attached hydrogen (secondary N) is 1. The molecule has 0 radical (unpaired) electrons. The van der Waals surface area contributed by atoms with Crippen LogP contribution in [0.3, 0.4) is 0 Å². The largest absolute Gasteiger partial charge is 0.362 e. The van der Waals surface area contributed by atoms with Gasteiger partial charge in [0, 0.05) is 49.6 Å². The van der Waals surface area contributed by atoms with E-state index in [1.165, 1.54) is 10.9 Å². The van der Waals surface area contributed by atoms with Gasteiger partial charge in [-0.3, -0.25) is 24.6 Å². The summed E-state index contributed by atoms with van der Waals surface area (Å²) in [7, 11) is 0. The molecule has 4 rings (SSSR count). The van der Waals surface area contributed by atoms with Crippen LogP contribution in [0.5, 0.6) is 0 Å². The van der Waals surface area contributed by atoms with Crippen molar-refractivity contribution in [3.05, 3.63) is 56.8 Å². The van der Waals surface area contributed by atoms with Crippen LogP contribution in [-0.4, -0.2) is 78.9 Å². The minimum absolute atomic E-state index is 0.0138. The first-order valence-corrected chi connectivity index (χ1v) is 12.7. The Balaban J connectivity index is 1.17. The number of piperidine rings is 1. The van der Waals surface area contributed by atoms with Crippen LogP contribution in [0.25, 0.3) is 0 Å². The van der Waals surface area contributed by atoms with E-state index in [9.17, 15) is 19.7 Å². The molecule has 2 aliphatic rings. The maximum absolute atomic E-state index is 12.8. The first kappa shape index (κ1) is 24.2. The highest BCUT2D eigenvalue weighted by Crippen LogP contribution is 2.28. The molecule has 2 amide bonds. The maximum atomic E-state index is 12.8. The number of likely N-dealkylation sites (tertiary alicyclic amines) is 1. The number of anilines is 1. The molecular formula is C24H31N5O4S. The Morgan fingerprint density at radius 2 is 1.76 bits per heavy atom. The first-order chi connectivity index (χ1) is 16.5. The lowest BCUT2D eigenvalue weighted by molar-refractivity contribution is -0.384. The number of carbonyl (C=O) groups excluding carboxylic acids is 2. The van der Waals surface area contributed by atoms with Crippen molar-refractivity contribution in [2.75, 3.05) is 57.3 Å². The third-order valence-electron chi connectivity index (χ3n) is 6.62. The van der Waals surface area contributed by atoms with Gasteiger partial charge < -0.3 is 15.1 Å². The summed E-state index contributed by atoms with van der Waals surface area (Å²) < 4.78 is 0. The highest BCUT2D eigenvalue weighted by Gasteiger charge is 2.29. The molecule has 1 N–H and O–H groups in total. The van der Waals surface area contributed by atoms with Crippen molar-refractivity contribution in [2.24, 2.45) is 5.92 Å². The van der Waals surface area contributed by atoms with Gasteiger partial charge >= 0.3 is 0 Å². The number of nitro benzene ring substituents is 1. The van der Waals surface area contributed by atoms with Gasteiger partial charge in [0.1, 0.15) is 5.69 Å². The van der Waals surface area contributed by atoms with Crippen LogP contribution < -0.4 is 10.2 Å². The molecule has 0 aliphatic carbocycles. The maximum Gasteiger partial charge on any atom is 0.292 e. The summed E-state index contributed by atoms with van der Waals surface area (Å²) >= 11 is 1.70. The lowest BCUT2D eigenvalue weighted by Gasteiger charge is -2.37. The number of rotatable bonds is 8. The van der Waals surface area contributed by atoms with Crippen molar-refractivity contribution < 1.29 is 14.5 Å². The standard InChI is InChI=1S/C24H31N5O4S/c30-23(28-15-13-27(14-16-28)21-5-1-2-6-22(21)29(32)33)18-26-11-8-19(9-12-26)24(31)25-10-7-20-4-3-17-34-20/h1-6,17,19H,7-16,18H2,(H,25,31). The molecule has 0 saturated carbocycles. The number of carbonyl (C=O) groups is 2. The molecular weight excluding hydrogens is 454 g/mol. The molecule has 0 bridgehead atoms. The van der Waals surface area contributed by atoms with E-state index in [2.05, 4.69) is 16.3 Å². The van der Waals surface area contributed by atoms with Crippen LogP contribution in [0.4, 0.5) is 11.4 Å². The van der Waals surface area contributed by atoms with Crippen molar-refractivity contribution in [2.45, 2.75) is 19.3 Å². The SMILES string of the molecule is O=C(NCCc1cccs1)C1CCN(CC(=O)N2CCN(c3ccccc3[N+](=O)[O-])CC2)CC1. The van der Waals surface area contributed by atoms with E-state index in [-0.39, 0.29) is 28.3 Å². The summed E-state index contributed by atoms with van der Waals surface area (Å²) in [4.78, 5) is 43.5. The summed E-state index contributed by atoms with van der Waals surface area (Å²) in [6.45, 7) is 4.75. The van der Waals surface area contributed by atoms with Crippen LogP contribution in [-0.2, 0) is 16.0 Å². The van der Waals surface area contributed by atoms with Crippen LogP contribution in [0.1, 0.15) is 17.7 Å². The molecule has 10 heteroatoms. The number of hydrogen-bond donors (Lipinski definition) is 1. The molecule has 2 saturated heterocycles. The third kappa shape index (κ3) is 6.12. The van der Waals surface area contributed by atoms with Crippen LogP contribution >= 0.6 is 11.3 Å². The van der Waals surface area contributed by atoms with Crippen LogP contribution in [0, 0.1) is 16.0 Å². The Morgan fingerprint density at radius 3 is 2.44 bits per heavy atom. The number of hydrogen-bond acceptors (Lipinski definition) is 7. The molecule has 0 unspecified atom stereocenters. The van der Waals surface area contributed by atoms with Gasteiger partial charge in [0.25, 0.3) is 5.69 Å². The van der Waals surface area contributed by atoms with Gasteiger partial charge in [-0.25, -0.2) is 0 Å². The first-order valence-electron chi connectivity index (χ1n) is 11.8. The average molecular weight is 486 g/mol. The van der Waals surface area contributed by atoms with E-state index in [1.54, 1.807) is 29.5 Å². The molecule has 34 heavy (non-hydrogen) atoms. The lowest BCUT2D eigenvalue weighted by Crippen LogP contribution is -2.52. The van der Waals surface area contributed by atoms with Gasteiger partial charge in [-0.15, -0.1) is 11.3 Å². The average Bonchev–Trinajstić information content (AvgIpc) is 3.38. The highest BCUT2D eigenvalue weighted by molar-refractivity contribution is 7.09. The molecule has 1 aromatic carbocycles. The molecule has 182 valence electrons. The fourth-order valence-electron chi connectivity index (χ4n) is 4.64. The Morgan fingerprint density at radius 1 is 1.03 bits per heavy atom. The predicted molar refractivity (Wildman–Crippen MR) is 132 cm³/mol. The molecule has 2 aromatic rings. The lowest BCUT2D eigenvalue weighted by atomic mass is 9.96. The summed E-state index contributed by atoms with van der Waals surface area (Å²) in [6.07, 6.45) is 2.40. The zero-order valence-corrected chi connectivity index (χ0v) is 20.0. The second kappa shape index (κ2) is 11.4. The van der Waals surface area contributed by atoms with Crippen molar-refractivity contribution in [1.82, 2.24) is 15.1 Å². The second-order valence-electron chi connectivity index (χ2n) is 8.78. The number of nitrogens with zero attached hydrogens (tertiary/aromatic N) is 4. The van der Waals surface area contributed by atoms with E-state index in [1.807, 2.05) is 21.2 Å². The third-order valence-corrected chi connectivity index (χ3v) is 7.56. The number of thiophene rings is 1. The van der Waals surface area contributed by atoms with Gasteiger partial charge in [-0.1, -0.05) is 18.2 Å². The van der Waals surface area contributed by atoms with E-state index in [0.29, 0.717) is 45.0 Å². The molecule has 0 spiro atoms. The van der Waals surface area contributed by atoms with Gasteiger partial charge in [-0.05, 0) is 49.9 Å². The Kier molecular flexibility index (Phi) is 8.12. The van der Waals surface area contributed by atoms with Crippen molar-refractivity contribution in [3.8, 4) is 0 Å². The fraction of sp³-hybridized carbons (Fsp3) is 0.500. The van der Waals surface area contributed by atoms with Gasteiger partial charge in [0.2, 0.25) is 11.8 Å². The Hall–Kier alpha value is -2.98. The molecule has 2 aliphatic heterocycles. The van der Waals surface area contributed by atoms with Gasteiger partial charge in [0.15, 0.2) is 0 Å². The molecule has 9 nitrogen and oxygen atoms in total. The molecule has 2 fully saturated rings. The van der Waals surface area contributed by atoms with E-state index < -0.39 is 0 Å². The monoisotopic (exact) mass is 485 g/mol. The number of piperazine rings is 1. The van der Waals surface area contributed by atoms with Gasteiger partial charge in [0.05, 0.1) is 11.5 Å². The van der Waals surface area contributed by atoms with Gasteiger partial charge in [-0.2, -0.15) is 0 Å². The van der Waals surface area contributed by atoms with E-state index >= 15 is 0 Å². The van der Waals surface area contributed by atoms with Crippen molar-refractivity contribution in [3.63, 3.8) is 0 Å². The van der Waals surface area contributed by atoms with E-state index in [0.717, 1.165) is 32.4 Å². The Labute approximate surface area is 203 Å². The fourth-order valence-corrected chi connectivity index (χ4v) is 5.34. The van der Waals surface area contributed by atoms with Crippen molar-refractivity contribution >= 4 is 34.5 Å². The highest BCUT2D eigenvalue weighted by atomic mass is 32.1. The number of benzene rings is 1. The van der Waals surface area contributed by atoms with E-state index in [4.69, 9.17) is 0 Å². The minimum atomic E-state index is -0.361. The summed E-state index contributed by atoms with van der Waals surface area (Å²) in [5.41, 5.74) is 0.705. The predicted octanol–water partition coefficient (Wildman–Crippen LogP) is 2.38. The number of nitro groups is 1. The topological polar surface area (TPSA) is 99.0 Å². The minimum Gasteiger partial charge on any atom is -0.362 e. The molecule has 0 atom stereocenters. The normalized spacial score (nSPS) is 17.5. The molecule has 1 aromatic heterocycles. The Bertz CT molecular complexity index is 983. The quantitative estimate of drug-likeness (QED) is 0.455. The zero-order chi connectivity index (χ0) is 23.9. The number of amides is 2. The second-order valence-corrected chi connectivity index (χ2v) is 9.82. The van der Waals surface area contributed by atoms with Crippen molar-refractivity contribution in [1.29, 1.82) is 0 Å². The summed E-state index contributed by atoms with van der Waals surface area (Å²) in [6, 6.07) is 10.8. The smallest absolute Gasteiger partial charge is 0.292 e. The van der Waals surface area contributed by atoms with Crippen LogP contribution in [0.2, 0.25) is 0 Å². The zero-order valence-electron chi connectivity index (χ0n) is 19.2. The summed E-state index contributed by atoms with van der Waals surface area (Å²) in [5, 5.41) is 16.4. The van der Waals surface area contributed by atoms with Crippen LogP contribution in [0.15, 0.2) is 41.8 Å². The summed E-state index contributed by atoms with van der Waals surface area (Å²) in [5.74, 6) is 0.217. The number of para-hydroxylation sites is 2. The molecule has 3 heterocycles.